The Bertz CT molecular complexity index is 1280. The third kappa shape index (κ3) is 6.96. The van der Waals surface area contributed by atoms with Gasteiger partial charge in [-0.15, -0.1) is 0 Å². The summed E-state index contributed by atoms with van der Waals surface area (Å²) in [6.45, 7) is 9.94. The lowest BCUT2D eigenvalue weighted by molar-refractivity contribution is -0.0103. The number of nitrogens with one attached hydrogen (secondary N) is 1. The molecule has 0 bridgehead atoms. The molecule has 2 aromatic heterocycles. The number of benzene rings is 1. The Kier molecular flexibility index (Phi) is 10.1. The Hall–Kier alpha value is -3.54. The molecule has 0 saturated carbocycles. The van der Waals surface area contributed by atoms with Crippen molar-refractivity contribution in [1.82, 2.24) is 25.3 Å². The number of carbonyl (C=O) groups excluding carboxylic acids is 1. The number of carbonyl (C=O) groups is 1. The molecule has 216 valence electrons. The van der Waals surface area contributed by atoms with Gasteiger partial charge in [-0.1, -0.05) is 17.3 Å². The van der Waals surface area contributed by atoms with Gasteiger partial charge in [0.25, 0.3) is 0 Å². The van der Waals surface area contributed by atoms with Crippen LogP contribution in [0.15, 0.2) is 28.8 Å². The van der Waals surface area contributed by atoms with Crippen LogP contribution in [0.5, 0.6) is 5.75 Å². The van der Waals surface area contributed by atoms with Gasteiger partial charge in [-0.3, -0.25) is 0 Å². The van der Waals surface area contributed by atoms with Gasteiger partial charge >= 0.3 is 6.09 Å². The fourth-order valence-electron chi connectivity index (χ4n) is 4.86. The summed E-state index contributed by atoms with van der Waals surface area (Å²) in [7, 11) is 1.78. The van der Waals surface area contributed by atoms with Crippen molar-refractivity contribution in [1.29, 1.82) is 0 Å². The molecule has 11 heteroatoms. The first-order valence-corrected chi connectivity index (χ1v) is 13.7. The molecule has 0 aliphatic carbocycles. The highest BCUT2D eigenvalue weighted by Crippen LogP contribution is 2.32. The number of hydrogen-bond acceptors (Lipinski definition) is 10. The van der Waals surface area contributed by atoms with Gasteiger partial charge in [0.15, 0.2) is 5.82 Å². The third-order valence-corrected chi connectivity index (χ3v) is 6.94. The van der Waals surface area contributed by atoms with Gasteiger partial charge < -0.3 is 34.1 Å². The van der Waals surface area contributed by atoms with Crippen LogP contribution in [0.4, 0.5) is 4.79 Å². The van der Waals surface area contributed by atoms with Gasteiger partial charge in [0.05, 0.1) is 42.8 Å². The summed E-state index contributed by atoms with van der Waals surface area (Å²) in [4.78, 5) is 24.2. The van der Waals surface area contributed by atoms with E-state index in [4.69, 9.17) is 28.7 Å². The molecule has 1 aromatic carbocycles. The number of aryl methyl sites for hydroxylation is 3. The number of likely N-dealkylation sites (N-methyl/N-ethyl adjacent to an activating group) is 1. The standard InChI is InChI=1S/C29H39N5O6/c1-6-38-29(36)34-12-13-37-16-22(34)10-11-25-18(2)27(26-19(3)33-40-20(26)4)32-28(31-25)21-8-7-9-24(14-21)39-17-23(35)15-30-5/h7-9,14,22-23,30,35H,6,10-13,15-17H2,1-5H3/t22-,23+/m0/s1. The molecule has 1 fully saturated rings. The SMILES string of the molecule is CCOC(=O)N1CCOC[C@@H]1CCc1nc(-c2cccc(OC[C@H](O)CNC)c2)nc(-c2c(C)noc2C)c1C. The van der Waals surface area contributed by atoms with Crippen molar-refractivity contribution in [3.05, 3.63) is 47.0 Å². The first-order chi connectivity index (χ1) is 19.3. The molecule has 0 unspecified atom stereocenters. The molecular weight excluding hydrogens is 514 g/mol. The predicted octanol–water partition coefficient (Wildman–Crippen LogP) is 3.47. The number of ether oxygens (including phenoxy) is 3. The number of morpholine rings is 1. The summed E-state index contributed by atoms with van der Waals surface area (Å²) >= 11 is 0. The summed E-state index contributed by atoms with van der Waals surface area (Å²) in [5.41, 5.74) is 4.93. The molecule has 1 aliphatic heterocycles. The number of aliphatic hydroxyl groups excluding tert-OH is 1. The maximum absolute atomic E-state index is 12.5. The van der Waals surface area contributed by atoms with E-state index in [0.717, 1.165) is 33.8 Å². The Morgan fingerprint density at radius 1 is 1.27 bits per heavy atom. The Morgan fingerprint density at radius 3 is 2.83 bits per heavy atom. The molecule has 2 N–H and O–H groups in total. The zero-order valence-electron chi connectivity index (χ0n) is 23.9. The highest BCUT2D eigenvalue weighted by molar-refractivity contribution is 5.71. The molecule has 4 rings (SSSR count). The van der Waals surface area contributed by atoms with E-state index >= 15 is 0 Å². The van der Waals surface area contributed by atoms with E-state index in [1.54, 1.807) is 18.9 Å². The van der Waals surface area contributed by atoms with Crippen molar-refractivity contribution in [2.24, 2.45) is 0 Å². The average Bonchev–Trinajstić information content (AvgIpc) is 3.29. The van der Waals surface area contributed by atoms with Crippen LogP contribution in [0.1, 0.15) is 36.1 Å². The Labute approximate surface area is 234 Å². The molecule has 1 aliphatic rings. The van der Waals surface area contributed by atoms with Crippen molar-refractivity contribution in [2.75, 3.05) is 46.6 Å². The first-order valence-electron chi connectivity index (χ1n) is 13.7. The van der Waals surface area contributed by atoms with Crippen molar-refractivity contribution in [3.63, 3.8) is 0 Å². The first kappa shape index (κ1) is 29.4. The predicted molar refractivity (Wildman–Crippen MR) is 149 cm³/mol. The minimum atomic E-state index is -0.625. The lowest BCUT2D eigenvalue weighted by Crippen LogP contribution is -2.49. The number of hydrogen-bond donors (Lipinski definition) is 2. The summed E-state index contributed by atoms with van der Waals surface area (Å²) in [6.07, 6.45) is 0.321. The number of nitrogens with zero attached hydrogens (tertiary/aromatic N) is 4. The largest absolute Gasteiger partial charge is 0.491 e. The van der Waals surface area contributed by atoms with Crippen LogP contribution in [0, 0.1) is 20.8 Å². The summed E-state index contributed by atoms with van der Waals surface area (Å²) in [5.74, 6) is 1.83. The van der Waals surface area contributed by atoms with E-state index in [0.29, 0.717) is 63.1 Å². The number of rotatable bonds is 11. The van der Waals surface area contributed by atoms with Crippen molar-refractivity contribution < 1.29 is 28.6 Å². The van der Waals surface area contributed by atoms with Crippen LogP contribution in [-0.4, -0.2) is 89.9 Å². The molecule has 3 aromatic rings. The van der Waals surface area contributed by atoms with E-state index in [2.05, 4.69) is 10.5 Å². The van der Waals surface area contributed by atoms with Crippen LogP contribution in [-0.2, 0) is 15.9 Å². The molecule has 0 spiro atoms. The fraction of sp³-hybridized carbons (Fsp3) is 0.517. The summed E-state index contributed by atoms with van der Waals surface area (Å²) < 4.78 is 22.3. The van der Waals surface area contributed by atoms with Crippen LogP contribution >= 0.6 is 0 Å². The fourth-order valence-corrected chi connectivity index (χ4v) is 4.86. The highest BCUT2D eigenvalue weighted by Gasteiger charge is 2.29. The second-order valence-electron chi connectivity index (χ2n) is 9.88. The molecule has 3 heterocycles. The zero-order valence-corrected chi connectivity index (χ0v) is 23.9. The van der Waals surface area contributed by atoms with E-state index < -0.39 is 6.10 Å². The maximum Gasteiger partial charge on any atom is 0.410 e. The summed E-state index contributed by atoms with van der Waals surface area (Å²) in [6, 6.07) is 7.40. The molecule has 2 atom stereocenters. The third-order valence-electron chi connectivity index (χ3n) is 6.94. The molecule has 1 amide bonds. The number of aromatic nitrogens is 3. The molecule has 40 heavy (non-hydrogen) atoms. The van der Waals surface area contributed by atoms with Crippen LogP contribution in [0.3, 0.4) is 0 Å². The van der Waals surface area contributed by atoms with E-state index in [1.165, 1.54) is 0 Å². The van der Waals surface area contributed by atoms with Gasteiger partial charge in [-0.05, 0) is 65.3 Å². The smallest absolute Gasteiger partial charge is 0.410 e. The Morgan fingerprint density at radius 2 is 2.10 bits per heavy atom. The van der Waals surface area contributed by atoms with Crippen molar-refractivity contribution >= 4 is 6.09 Å². The van der Waals surface area contributed by atoms with E-state index in [-0.39, 0.29) is 18.7 Å². The second-order valence-corrected chi connectivity index (χ2v) is 9.88. The Balaban J connectivity index is 1.66. The summed E-state index contributed by atoms with van der Waals surface area (Å²) in [5, 5.41) is 17.1. The van der Waals surface area contributed by atoms with Crippen molar-refractivity contribution in [3.8, 4) is 28.4 Å². The van der Waals surface area contributed by atoms with Crippen LogP contribution in [0.2, 0.25) is 0 Å². The molecular formula is C29H39N5O6. The lowest BCUT2D eigenvalue weighted by Gasteiger charge is -2.34. The van der Waals surface area contributed by atoms with Crippen LogP contribution < -0.4 is 10.1 Å². The monoisotopic (exact) mass is 553 g/mol. The quantitative estimate of drug-likeness (QED) is 0.364. The average molecular weight is 554 g/mol. The topological polar surface area (TPSA) is 132 Å². The minimum absolute atomic E-state index is 0.117. The number of aliphatic hydroxyl groups is 1. The van der Waals surface area contributed by atoms with Gasteiger partial charge in [0, 0.05) is 24.3 Å². The van der Waals surface area contributed by atoms with Gasteiger partial charge in [0.2, 0.25) is 0 Å². The van der Waals surface area contributed by atoms with Gasteiger partial charge in [0.1, 0.15) is 24.2 Å². The van der Waals surface area contributed by atoms with Crippen molar-refractivity contribution in [2.45, 2.75) is 52.7 Å². The zero-order chi connectivity index (χ0) is 28.6. The molecule has 11 nitrogen and oxygen atoms in total. The van der Waals surface area contributed by atoms with E-state index in [1.807, 2.05) is 45.0 Å². The van der Waals surface area contributed by atoms with Gasteiger partial charge in [-0.2, -0.15) is 0 Å². The minimum Gasteiger partial charge on any atom is -0.491 e. The lowest BCUT2D eigenvalue weighted by atomic mass is 9.99. The molecule has 1 saturated heterocycles. The van der Waals surface area contributed by atoms with Gasteiger partial charge in [-0.25, -0.2) is 14.8 Å². The van der Waals surface area contributed by atoms with E-state index in [9.17, 15) is 9.90 Å². The number of amides is 1. The second kappa shape index (κ2) is 13.7. The normalized spacial score (nSPS) is 16.1. The highest BCUT2D eigenvalue weighted by atomic mass is 16.6. The maximum atomic E-state index is 12.5. The molecule has 0 radical (unpaired) electrons. The van der Waals surface area contributed by atoms with Crippen LogP contribution in [0.25, 0.3) is 22.6 Å².